The standard InChI is InChI=1S/C30H44O2/c1-3-24-31-28-18-14-26(15-19-28)30(27-16-20-29(21-17-27)32-25-4-2)22-12-10-8-6-5-7-9-11-13-23-30/h14-21H,3-13,22-25H2,1-2H3. The molecule has 2 aromatic rings. The topological polar surface area (TPSA) is 18.5 Å². The van der Waals surface area contributed by atoms with E-state index in [0.717, 1.165) is 37.6 Å². The van der Waals surface area contributed by atoms with E-state index in [2.05, 4.69) is 62.4 Å². The summed E-state index contributed by atoms with van der Waals surface area (Å²) in [6.45, 7) is 5.87. The molecule has 0 amide bonds. The van der Waals surface area contributed by atoms with Crippen molar-refractivity contribution in [2.75, 3.05) is 13.2 Å². The lowest BCUT2D eigenvalue weighted by Gasteiger charge is -2.36. The number of rotatable bonds is 8. The molecular weight excluding hydrogens is 392 g/mol. The van der Waals surface area contributed by atoms with Gasteiger partial charge >= 0.3 is 0 Å². The first kappa shape index (κ1) is 24.7. The summed E-state index contributed by atoms with van der Waals surface area (Å²) >= 11 is 0. The van der Waals surface area contributed by atoms with Crippen molar-refractivity contribution in [2.24, 2.45) is 0 Å². The van der Waals surface area contributed by atoms with Crippen molar-refractivity contribution in [2.45, 2.75) is 103 Å². The van der Waals surface area contributed by atoms with Gasteiger partial charge in [-0.3, -0.25) is 0 Å². The fourth-order valence-corrected chi connectivity index (χ4v) is 5.14. The molecule has 0 N–H and O–H groups in total. The van der Waals surface area contributed by atoms with Gasteiger partial charge in [0.05, 0.1) is 13.2 Å². The molecule has 2 nitrogen and oxygen atoms in total. The van der Waals surface area contributed by atoms with E-state index in [4.69, 9.17) is 9.47 Å². The van der Waals surface area contributed by atoms with Crippen LogP contribution in [0.5, 0.6) is 11.5 Å². The maximum Gasteiger partial charge on any atom is 0.119 e. The zero-order valence-corrected chi connectivity index (χ0v) is 20.5. The van der Waals surface area contributed by atoms with Crippen LogP contribution in [0.3, 0.4) is 0 Å². The van der Waals surface area contributed by atoms with Gasteiger partial charge in [-0.05, 0) is 61.1 Å². The van der Waals surface area contributed by atoms with E-state index in [9.17, 15) is 0 Å². The SMILES string of the molecule is CCCOc1ccc(C2(c3ccc(OCCC)cc3)CCCCCCCCCCC2)cc1. The zero-order valence-electron chi connectivity index (χ0n) is 20.5. The lowest BCUT2D eigenvalue weighted by molar-refractivity contribution is 0.316. The zero-order chi connectivity index (χ0) is 22.5. The van der Waals surface area contributed by atoms with Crippen LogP contribution in [0.1, 0.15) is 108 Å². The summed E-state index contributed by atoms with van der Waals surface area (Å²) in [6.07, 6.45) is 16.8. The molecule has 2 heteroatoms. The maximum absolute atomic E-state index is 5.88. The first-order valence-electron chi connectivity index (χ1n) is 13.2. The van der Waals surface area contributed by atoms with Crippen molar-refractivity contribution < 1.29 is 9.47 Å². The largest absolute Gasteiger partial charge is 0.494 e. The van der Waals surface area contributed by atoms with E-state index in [1.165, 1.54) is 81.8 Å². The van der Waals surface area contributed by atoms with E-state index < -0.39 is 0 Å². The average molecular weight is 437 g/mol. The van der Waals surface area contributed by atoms with Crippen molar-refractivity contribution >= 4 is 0 Å². The smallest absolute Gasteiger partial charge is 0.119 e. The molecule has 0 radical (unpaired) electrons. The predicted molar refractivity (Wildman–Crippen MR) is 136 cm³/mol. The fraction of sp³-hybridized carbons (Fsp3) is 0.600. The lowest BCUT2D eigenvalue weighted by Crippen LogP contribution is -2.28. The normalized spacial score (nSPS) is 17.7. The van der Waals surface area contributed by atoms with Crippen LogP contribution in [0.25, 0.3) is 0 Å². The molecule has 0 bridgehead atoms. The second-order valence-electron chi connectivity index (χ2n) is 9.51. The molecule has 32 heavy (non-hydrogen) atoms. The van der Waals surface area contributed by atoms with E-state index in [1.807, 2.05) is 0 Å². The predicted octanol–water partition coefficient (Wildman–Crippen LogP) is 8.86. The third-order valence-corrected chi connectivity index (χ3v) is 6.97. The molecule has 3 rings (SSSR count). The highest BCUT2D eigenvalue weighted by Crippen LogP contribution is 2.43. The Balaban J connectivity index is 1.92. The maximum atomic E-state index is 5.88. The van der Waals surface area contributed by atoms with Gasteiger partial charge in [0.15, 0.2) is 0 Å². The Labute approximate surface area is 196 Å². The van der Waals surface area contributed by atoms with Crippen LogP contribution in [-0.2, 0) is 5.41 Å². The molecule has 0 heterocycles. The van der Waals surface area contributed by atoms with Crippen LogP contribution < -0.4 is 9.47 Å². The van der Waals surface area contributed by atoms with Crippen LogP contribution in [-0.4, -0.2) is 13.2 Å². The third kappa shape index (κ3) is 7.02. The summed E-state index contributed by atoms with van der Waals surface area (Å²) in [5.74, 6) is 1.98. The van der Waals surface area contributed by atoms with Crippen molar-refractivity contribution in [3.8, 4) is 11.5 Å². The van der Waals surface area contributed by atoms with Crippen LogP contribution in [0, 0.1) is 0 Å². The summed E-state index contributed by atoms with van der Waals surface area (Å²) in [7, 11) is 0. The Hall–Kier alpha value is -1.96. The molecule has 2 aromatic carbocycles. The highest BCUT2D eigenvalue weighted by atomic mass is 16.5. The monoisotopic (exact) mass is 436 g/mol. The molecule has 1 saturated carbocycles. The van der Waals surface area contributed by atoms with E-state index >= 15 is 0 Å². The van der Waals surface area contributed by atoms with E-state index in [-0.39, 0.29) is 5.41 Å². The summed E-state index contributed by atoms with van der Waals surface area (Å²) in [4.78, 5) is 0. The number of ether oxygens (including phenoxy) is 2. The van der Waals surface area contributed by atoms with Crippen molar-refractivity contribution in [1.82, 2.24) is 0 Å². The first-order valence-corrected chi connectivity index (χ1v) is 13.2. The molecular formula is C30H44O2. The minimum absolute atomic E-state index is 0.0752. The molecule has 0 aliphatic heterocycles. The third-order valence-electron chi connectivity index (χ3n) is 6.97. The van der Waals surface area contributed by atoms with Gasteiger partial charge in [0.2, 0.25) is 0 Å². The summed E-state index contributed by atoms with van der Waals surface area (Å²) in [6, 6.07) is 18.1. The fourth-order valence-electron chi connectivity index (χ4n) is 5.14. The lowest BCUT2D eigenvalue weighted by atomic mass is 9.67. The Morgan fingerprint density at radius 3 is 1.22 bits per heavy atom. The minimum atomic E-state index is 0.0752. The molecule has 0 saturated heterocycles. The van der Waals surface area contributed by atoms with Gasteiger partial charge in [0.25, 0.3) is 0 Å². The van der Waals surface area contributed by atoms with Crippen molar-refractivity contribution in [3.05, 3.63) is 59.7 Å². The van der Waals surface area contributed by atoms with Crippen molar-refractivity contribution in [3.63, 3.8) is 0 Å². The van der Waals surface area contributed by atoms with Gasteiger partial charge in [-0.2, -0.15) is 0 Å². The molecule has 1 fully saturated rings. The summed E-state index contributed by atoms with van der Waals surface area (Å²) in [5, 5.41) is 0. The number of hydrogen-bond donors (Lipinski definition) is 0. The minimum Gasteiger partial charge on any atom is -0.494 e. The Morgan fingerprint density at radius 1 is 0.531 bits per heavy atom. The highest BCUT2D eigenvalue weighted by molar-refractivity contribution is 5.43. The van der Waals surface area contributed by atoms with Crippen LogP contribution >= 0.6 is 0 Å². The van der Waals surface area contributed by atoms with Gasteiger partial charge < -0.3 is 9.47 Å². The molecule has 1 aliphatic rings. The Bertz CT molecular complexity index is 682. The second-order valence-corrected chi connectivity index (χ2v) is 9.51. The first-order chi connectivity index (χ1) is 15.8. The van der Waals surface area contributed by atoms with Gasteiger partial charge in [0.1, 0.15) is 11.5 Å². The Kier molecular flexibility index (Phi) is 10.5. The van der Waals surface area contributed by atoms with Crippen molar-refractivity contribution in [1.29, 1.82) is 0 Å². The quantitative estimate of drug-likeness (QED) is 0.411. The Morgan fingerprint density at radius 2 is 0.875 bits per heavy atom. The molecule has 0 aromatic heterocycles. The summed E-state index contributed by atoms with van der Waals surface area (Å²) < 4.78 is 11.8. The molecule has 176 valence electrons. The second kappa shape index (κ2) is 13.6. The van der Waals surface area contributed by atoms with Gasteiger partial charge in [0, 0.05) is 5.41 Å². The van der Waals surface area contributed by atoms with E-state index in [1.54, 1.807) is 0 Å². The van der Waals surface area contributed by atoms with Crippen LogP contribution in [0.4, 0.5) is 0 Å². The van der Waals surface area contributed by atoms with Gasteiger partial charge in [-0.15, -0.1) is 0 Å². The summed E-state index contributed by atoms with van der Waals surface area (Å²) in [5.41, 5.74) is 2.97. The van der Waals surface area contributed by atoms with Gasteiger partial charge in [-0.25, -0.2) is 0 Å². The van der Waals surface area contributed by atoms with E-state index in [0.29, 0.717) is 0 Å². The molecule has 0 spiro atoms. The molecule has 0 unspecified atom stereocenters. The number of hydrogen-bond acceptors (Lipinski definition) is 2. The van der Waals surface area contributed by atoms with Gasteiger partial charge in [-0.1, -0.05) is 95.9 Å². The molecule has 1 aliphatic carbocycles. The highest BCUT2D eigenvalue weighted by Gasteiger charge is 2.33. The van der Waals surface area contributed by atoms with Crippen LogP contribution in [0.2, 0.25) is 0 Å². The van der Waals surface area contributed by atoms with Crippen LogP contribution in [0.15, 0.2) is 48.5 Å². The number of benzene rings is 2. The average Bonchev–Trinajstić information content (AvgIpc) is 2.83. The molecule has 0 atom stereocenters.